The molecule has 0 radical (unpaired) electrons. The fourth-order valence-electron chi connectivity index (χ4n) is 7.13. The number of nitrogens with zero attached hydrogens (tertiary/aromatic N) is 2. The van der Waals surface area contributed by atoms with Crippen molar-refractivity contribution in [3.05, 3.63) is 71.9 Å². The number of para-hydroxylation sites is 1. The third kappa shape index (κ3) is 3.40. The van der Waals surface area contributed by atoms with E-state index in [0.29, 0.717) is 34.6 Å². The molecule has 2 heterocycles. The molecule has 2 atom stereocenters. The number of imide groups is 1. The van der Waals surface area contributed by atoms with Gasteiger partial charge in [-0.3, -0.25) is 14.4 Å². The highest BCUT2D eigenvalue weighted by Crippen LogP contribution is 2.64. The first-order valence-electron chi connectivity index (χ1n) is 13.4. The summed E-state index contributed by atoms with van der Waals surface area (Å²) in [5.41, 5.74) is 2.02. The number of benzene rings is 3. The van der Waals surface area contributed by atoms with E-state index in [2.05, 4.69) is 13.8 Å². The Morgan fingerprint density at radius 1 is 0.950 bits per heavy atom. The maximum Gasteiger partial charge on any atom is 0.286 e. The third-order valence-electron chi connectivity index (χ3n) is 9.53. The smallest absolute Gasteiger partial charge is 0.286 e. The first-order chi connectivity index (χ1) is 19.3. The number of hydroxylamine groups is 2. The second-order valence-electron chi connectivity index (χ2n) is 11.4. The molecule has 3 aliphatic rings. The van der Waals surface area contributed by atoms with Crippen LogP contribution in [0.2, 0.25) is 0 Å². The summed E-state index contributed by atoms with van der Waals surface area (Å²) in [6, 6.07) is 17.1. The van der Waals surface area contributed by atoms with E-state index < -0.39 is 17.2 Å². The fourth-order valence-corrected chi connectivity index (χ4v) is 8.61. The minimum Gasteiger partial charge on any atom is -0.424 e. The predicted octanol–water partition coefficient (Wildman–Crippen LogP) is 7.01. The van der Waals surface area contributed by atoms with Gasteiger partial charge in [-0.2, -0.15) is 4.28 Å². The van der Waals surface area contributed by atoms with Crippen LogP contribution in [0, 0.1) is 16.7 Å². The first kappa shape index (κ1) is 25.7. The van der Waals surface area contributed by atoms with E-state index in [4.69, 9.17) is 8.47 Å². The molecule has 2 bridgehead atoms. The summed E-state index contributed by atoms with van der Waals surface area (Å²) < 4.78 is 13.7. The number of hydrogen-bond donors (Lipinski definition) is 0. The second-order valence-corrected chi connectivity index (χ2v) is 12.6. The normalized spacial score (nSPS) is 23.1. The molecule has 204 valence electrons. The van der Waals surface area contributed by atoms with Gasteiger partial charge in [-0.25, -0.2) is 0 Å². The van der Waals surface area contributed by atoms with Gasteiger partial charge < -0.3 is 8.75 Å². The van der Waals surface area contributed by atoms with Crippen molar-refractivity contribution in [3.63, 3.8) is 0 Å². The van der Waals surface area contributed by atoms with Crippen LogP contribution in [0.5, 0.6) is 5.75 Å². The number of fused-ring (bicyclic) bond motifs is 3. The molecule has 0 spiro atoms. The molecule has 7 nitrogen and oxygen atoms in total. The van der Waals surface area contributed by atoms with Gasteiger partial charge in [0, 0.05) is 52.0 Å². The van der Waals surface area contributed by atoms with Gasteiger partial charge in [-0.15, -0.1) is 5.06 Å². The van der Waals surface area contributed by atoms with Crippen LogP contribution >= 0.6 is 24.1 Å². The monoisotopic (exact) mass is 572 g/mol. The minimum atomic E-state index is -0.504. The molecular formula is C31H28N2O5S2. The summed E-state index contributed by atoms with van der Waals surface area (Å²) in [7, 11) is 0. The first-order valence-corrected chi connectivity index (χ1v) is 15.4. The van der Waals surface area contributed by atoms with Crippen LogP contribution in [-0.4, -0.2) is 39.2 Å². The predicted molar refractivity (Wildman–Crippen MR) is 158 cm³/mol. The second kappa shape index (κ2) is 9.12. The highest BCUT2D eigenvalue weighted by Gasteiger charge is 2.64. The standard InChI is InChI=1S/C31H28N2O5S2/c1-30(2)18-13-14-31(30,26(34)15-18)17-40-38-33-28(35)21-9-6-8-20-24(12-11-22(27(20)21)29(33)36)32-16-25(37-39-3)19-7-4-5-10-23(19)32/h4-12,16,18H,13-15,17H2,1-3H3. The Hall–Kier alpha value is -3.27. The number of hydrogen-bond acceptors (Lipinski definition) is 7. The fraction of sp³-hybridized carbons (Fsp3) is 0.323. The van der Waals surface area contributed by atoms with Crippen molar-refractivity contribution in [1.29, 1.82) is 0 Å². The van der Waals surface area contributed by atoms with Crippen LogP contribution in [0.4, 0.5) is 0 Å². The molecule has 2 aliphatic carbocycles. The number of aromatic nitrogens is 1. The van der Waals surface area contributed by atoms with Crippen LogP contribution in [0.1, 0.15) is 53.8 Å². The van der Waals surface area contributed by atoms with Crippen molar-refractivity contribution in [2.75, 3.05) is 12.0 Å². The molecule has 1 aliphatic heterocycles. The number of carbonyl (C=O) groups excluding carboxylic acids is 3. The van der Waals surface area contributed by atoms with Crippen molar-refractivity contribution < 1.29 is 22.9 Å². The zero-order chi connectivity index (χ0) is 27.8. The molecule has 40 heavy (non-hydrogen) atoms. The van der Waals surface area contributed by atoms with E-state index in [0.717, 1.165) is 57.7 Å². The molecule has 9 heteroatoms. The van der Waals surface area contributed by atoms with Gasteiger partial charge in [0.1, 0.15) is 5.78 Å². The lowest BCUT2D eigenvalue weighted by Crippen LogP contribution is -2.41. The lowest BCUT2D eigenvalue weighted by molar-refractivity contribution is -0.128. The van der Waals surface area contributed by atoms with Crippen LogP contribution in [0.15, 0.2) is 60.8 Å². The van der Waals surface area contributed by atoms with Gasteiger partial charge in [0.2, 0.25) is 0 Å². The molecule has 0 saturated heterocycles. The van der Waals surface area contributed by atoms with Crippen molar-refractivity contribution in [3.8, 4) is 11.4 Å². The largest absolute Gasteiger partial charge is 0.424 e. The van der Waals surface area contributed by atoms with Crippen LogP contribution in [0.25, 0.3) is 27.4 Å². The van der Waals surface area contributed by atoms with Crippen molar-refractivity contribution >= 4 is 63.4 Å². The molecule has 0 N–H and O–H groups in total. The SMILES string of the molecule is CSOc1cn(-c2ccc3c4c(cccc24)C(=O)N(OSCC24CCC(CC2=O)C4(C)C)C3=O)c2ccccc12. The molecule has 3 aromatic carbocycles. The molecule has 7 rings (SSSR count). The molecule has 1 aromatic heterocycles. The summed E-state index contributed by atoms with van der Waals surface area (Å²) in [4.78, 5) is 40.1. The van der Waals surface area contributed by atoms with E-state index in [9.17, 15) is 14.4 Å². The van der Waals surface area contributed by atoms with Crippen LogP contribution in [0.3, 0.4) is 0 Å². The molecule has 2 unspecified atom stereocenters. The van der Waals surface area contributed by atoms with Crippen molar-refractivity contribution in [2.45, 2.75) is 33.1 Å². The number of rotatable bonds is 7. The van der Waals surface area contributed by atoms with Crippen molar-refractivity contribution in [2.24, 2.45) is 16.7 Å². The maximum absolute atomic E-state index is 13.6. The molecule has 4 aromatic rings. The highest BCUT2D eigenvalue weighted by atomic mass is 32.2. The zero-order valence-electron chi connectivity index (χ0n) is 22.4. The van der Waals surface area contributed by atoms with E-state index in [1.807, 2.05) is 59.5 Å². The van der Waals surface area contributed by atoms with E-state index in [1.165, 1.54) is 12.0 Å². The molecule has 2 amide bonds. The lowest BCUT2D eigenvalue weighted by atomic mass is 9.70. The molecular weight excluding hydrogens is 544 g/mol. The third-order valence-corrected chi connectivity index (χ3v) is 10.7. The van der Waals surface area contributed by atoms with Gasteiger partial charge in [-0.1, -0.05) is 38.1 Å². The van der Waals surface area contributed by atoms with Crippen LogP contribution in [-0.2, 0) is 9.08 Å². The Morgan fingerprint density at radius 3 is 2.42 bits per heavy atom. The summed E-state index contributed by atoms with van der Waals surface area (Å²) in [6.07, 6.45) is 6.26. The van der Waals surface area contributed by atoms with E-state index in [1.54, 1.807) is 12.1 Å². The van der Waals surface area contributed by atoms with E-state index >= 15 is 0 Å². The Bertz CT molecular complexity index is 1720. The Morgan fingerprint density at radius 2 is 1.70 bits per heavy atom. The summed E-state index contributed by atoms with van der Waals surface area (Å²) in [5, 5.41) is 3.22. The van der Waals surface area contributed by atoms with Gasteiger partial charge in [-0.05, 0) is 54.5 Å². The lowest BCUT2D eigenvalue weighted by Gasteiger charge is -2.36. The Kier molecular flexibility index (Phi) is 5.86. The average Bonchev–Trinajstić information content (AvgIpc) is 3.50. The highest BCUT2D eigenvalue weighted by molar-refractivity contribution is 7.94. The topological polar surface area (TPSA) is 77.8 Å². The molecule has 2 fully saturated rings. The summed E-state index contributed by atoms with van der Waals surface area (Å²) in [5.74, 6) is 0.810. The van der Waals surface area contributed by atoms with Gasteiger partial charge in [0.25, 0.3) is 11.8 Å². The van der Waals surface area contributed by atoms with Crippen LogP contribution < -0.4 is 4.18 Å². The number of ketones is 1. The number of amides is 2. The van der Waals surface area contributed by atoms with Gasteiger partial charge in [0.15, 0.2) is 5.75 Å². The Balaban J connectivity index is 1.23. The minimum absolute atomic E-state index is 0.117. The number of Topliss-reactive ketones (excluding diaryl/α,β-unsaturated/α-hetero) is 1. The molecule has 2 saturated carbocycles. The Labute approximate surface area is 240 Å². The maximum atomic E-state index is 13.6. The number of carbonyl (C=O) groups is 3. The van der Waals surface area contributed by atoms with Gasteiger partial charge in [0.05, 0.1) is 40.6 Å². The van der Waals surface area contributed by atoms with Gasteiger partial charge >= 0.3 is 0 Å². The van der Waals surface area contributed by atoms with Crippen molar-refractivity contribution in [1.82, 2.24) is 9.63 Å². The summed E-state index contributed by atoms with van der Waals surface area (Å²) >= 11 is 2.31. The quantitative estimate of drug-likeness (QED) is 0.174. The summed E-state index contributed by atoms with van der Waals surface area (Å²) in [6.45, 7) is 4.32. The van der Waals surface area contributed by atoms with E-state index in [-0.39, 0.29) is 11.2 Å². The average molecular weight is 573 g/mol. The zero-order valence-corrected chi connectivity index (χ0v) is 24.1.